The minimum atomic E-state index is -0.530. The molecule has 0 heterocycles. The van der Waals surface area contributed by atoms with E-state index < -0.39 is 5.60 Å². The lowest BCUT2D eigenvalue weighted by atomic mass is 9.71. The van der Waals surface area contributed by atoms with Gasteiger partial charge in [0.05, 0.1) is 5.60 Å². The van der Waals surface area contributed by atoms with E-state index in [1.807, 2.05) is 0 Å². The van der Waals surface area contributed by atoms with Gasteiger partial charge < -0.3 is 5.11 Å². The van der Waals surface area contributed by atoms with Crippen LogP contribution in [0.4, 0.5) is 0 Å². The molecule has 0 spiro atoms. The smallest absolute Gasteiger partial charge is 0.0958 e. The molecule has 4 atom stereocenters. The van der Waals surface area contributed by atoms with Crippen molar-refractivity contribution in [2.45, 2.75) is 57.0 Å². The maximum absolute atomic E-state index is 11.8. The number of hydrogen-bond donors (Lipinski definition) is 1. The van der Waals surface area contributed by atoms with E-state index in [4.69, 9.17) is 0 Å². The Labute approximate surface area is 122 Å². The van der Waals surface area contributed by atoms with Crippen molar-refractivity contribution in [2.24, 2.45) is 23.7 Å². The predicted octanol–water partition coefficient (Wildman–Crippen LogP) is 4.50. The molecule has 1 heteroatoms. The fraction of sp³-hybridized carbons (Fsp3) is 0.684. The maximum atomic E-state index is 11.8. The SMILES string of the molecule is OC1(c2ccccc2)[C@H]2CCCC[C@@H]2[C@H]2CCCC[C@@H]21. The molecule has 0 radical (unpaired) electrons. The predicted molar refractivity (Wildman–Crippen MR) is 81.2 cm³/mol. The third-order valence-electron chi connectivity index (χ3n) is 6.56. The minimum Gasteiger partial charge on any atom is -0.385 e. The van der Waals surface area contributed by atoms with Gasteiger partial charge in [-0.25, -0.2) is 0 Å². The van der Waals surface area contributed by atoms with Crippen molar-refractivity contribution < 1.29 is 5.11 Å². The first kappa shape index (κ1) is 12.9. The van der Waals surface area contributed by atoms with Crippen LogP contribution >= 0.6 is 0 Å². The molecule has 3 aliphatic carbocycles. The molecule has 4 rings (SSSR count). The van der Waals surface area contributed by atoms with Crippen LogP contribution in [0.2, 0.25) is 0 Å². The summed E-state index contributed by atoms with van der Waals surface area (Å²) in [5.74, 6) is 2.62. The molecule has 3 saturated carbocycles. The van der Waals surface area contributed by atoms with Gasteiger partial charge >= 0.3 is 0 Å². The van der Waals surface area contributed by atoms with E-state index in [9.17, 15) is 5.11 Å². The summed E-state index contributed by atoms with van der Waals surface area (Å²) in [5.41, 5.74) is 0.670. The Morgan fingerprint density at radius 2 is 1.25 bits per heavy atom. The molecule has 1 aromatic rings. The summed E-state index contributed by atoms with van der Waals surface area (Å²) >= 11 is 0. The zero-order valence-electron chi connectivity index (χ0n) is 12.3. The molecule has 1 aromatic carbocycles. The Kier molecular flexibility index (Phi) is 3.14. The molecule has 0 bridgehead atoms. The van der Waals surface area contributed by atoms with Crippen molar-refractivity contribution in [3.8, 4) is 0 Å². The van der Waals surface area contributed by atoms with Crippen LogP contribution in [0.25, 0.3) is 0 Å². The highest BCUT2D eigenvalue weighted by atomic mass is 16.3. The maximum Gasteiger partial charge on any atom is 0.0958 e. The number of fused-ring (bicyclic) bond motifs is 3. The Bertz CT molecular complexity index is 444. The van der Waals surface area contributed by atoms with Gasteiger partial charge in [-0.1, -0.05) is 56.0 Å². The molecule has 1 nitrogen and oxygen atoms in total. The van der Waals surface area contributed by atoms with Crippen LogP contribution in [0.1, 0.15) is 56.9 Å². The van der Waals surface area contributed by atoms with Crippen molar-refractivity contribution in [3.05, 3.63) is 35.9 Å². The van der Waals surface area contributed by atoms with Crippen molar-refractivity contribution in [2.75, 3.05) is 0 Å². The van der Waals surface area contributed by atoms with E-state index in [2.05, 4.69) is 30.3 Å². The summed E-state index contributed by atoms with van der Waals surface area (Å²) in [7, 11) is 0. The highest BCUT2D eigenvalue weighted by Gasteiger charge is 2.59. The quantitative estimate of drug-likeness (QED) is 0.796. The second-order valence-electron chi connectivity index (χ2n) is 7.30. The number of benzene rings is 1. The van der Waals surface area contributed by atoms with E-state index >= 15 is 0 Å². The zero-order chi connectivity index (χ0) is 13.6. The van der Waals surface area contributed by atoms with Gasteiger partial charge in [-0.05, 0) is 54.9 Å². The van der Waals surface area contributed by atoms with Gasteiger partial charge in [0, 0.05) is 0 Å². The Morgan fingerprint density at radius 3 is 1.80 bits per heavy atom. The van der Waals surface area contributed by atoms with Gasteiger partial charge in [0.15, 0.2) is 0 Å². The van der Waals surface area contributed by atoms with Crippen LogP contribution < -0.4 is 0 Å². The normalized spacial score (nSPS) is 39.0. The lowest BCUT2D eigenvalue weighted by Gasteiger charge is -2.39. The summed E-state index contributed by atoms with van der Waals surface area (Å²) in [6.45, 7) is 0. The van der Waals surface area contributed by atoms with Crippen LogP contribution in [-0.4, -0.2) is 5.11 Å². The summed E-state index contributed by atoms with van der Waals surface area (Å²) in [6, 6.07) is 10.6. The van der Waals surface area contributed by atoms with Crippen LogP contribution in [0.3, 0.4) is 0 Å². The van der Waals surface area contributed by atoms with Gasteiger partial charge in [0.25, 0.3) is 0 Å². The Hall–Kier alpha value is -0.820. The van der Waals surface area contributed by atoms with E-state index in [0.717, 1.165) is 11.8 Å². The van der Waals surface area contributed by atoms with Gasteiger partial charge in [0.2, 0.25) is 0 Å². The summed E-state index contributed by atoms with van der Waals surface area (Å²) in [5, 5.41) is 11.8. The zero-order valence-corrected chi connectivity index (χ0v) is 12.3. The molecule has 3 fully saturated rings. The molecule has 0 aromatic heterocycles. The Balaban J connectivity index is 1.79. The van der Waals surface area contributed by atoms with Crippen molar-refractivity contribution >= 4 is 0 Å². The molecule has 0 unspecified atom stereocenters. The standard InChI is InChI=1S/C19H26O/c20-19(14-8-2-1-3-9-14)17-12-6-4-10-15(17)16-11-5-7-13-18(16)19/h1-3,8-9,15-18,20H,4-7,10-13H2/t15-,16-,17+,18+/m1/s1. The molecular weight excluding hydrogens is 244 g/mol. The molecular formula is C19H26O. The lowest BCUT2D eigenvalue weighted by molar-refractivity contribution is -0.0650. The van der Waals surface area contributed by atoms with E-state index in [0.29, 0.717) is 11.8 Å². The second-order valence-corrected chi connectivity index (χ2v) is 7.30. The third kappa shape index (κ3) is 1.72. The molecule has 108 valence electrons. The minimum absolute atomic E-state index is 0.520. The molecule has 0 saturated heterocycles. The highest BCUT2D eigenvalue weighted by Crippen LogP contribution is 2.62. The topological polar surface area (TPSA) is 20.2 Å². The van der Waals surface area contributed by atoms with Gasteiger partial charge in [0.1, 0.15) is 0 Å². The molecule has 0 amide bonds. The first-order valence-corrected chi connectivity index (χ1v) is 8.59. The number of hydrogen-bond acceptors (Lipinski definition) is 1. The van der Waals surface area contributed by atoms with Crippen LogP contribution in [0, 0.1) is 23.7 Å². The van der Waals surface area contributed by atoms with E-state index in [1.165, 1.54) is 56.9 Å². The van der Waals surface area contributed by atoms with Gasteiger partial charge in [-0.2, -0.15) is 0 Å². The Morgan fingerprint density at radius 1 is 0.750 bits per heavy atom. The van der Waals surface area contributed by atoms with Crippen molar-refractivity contribution in [1.82, 2.24) is 0 Å². The van der Waals surface area contributed by atoms with Gasteiger partial charge in [-0.3, -0.25) is 0 Å². The fourth-order valence-corrected chi connectivity index (χ4v) is 5.85. The first-order valence-electron chi connectivity index (χ1n) is 8.59. The highest BCUT2D eigenvalue weighted by molar-refractivity contribution is 5.28. The first-order chi connectivity index (χ1) is 9.82. The third-order valence-corrected chi connectivity index (χ3v) is 6.56. The average Bonchev–Trinajstić information content (AvgIpc) is 2.80. The molecule has 0 aliphatic heterocycles. The van der Waals surface area contributed by atoms with E-state index in [-0.39, 0.29) is 0 Å². The van der Waals surface area contributed by atoms with E-state index in [1.54, 1.807) is 0 Å². The fourth-order valence-electron chi connectivity index (χ4n) is 5.85. The second kappa shape index (κ2) is 4.87. The van der Waals surface area contributed by atoms with Crippen molar-refractivity contribution in [1.29, 1.82) is 0 Å². The summed E-state index contributed by atoms with van der Waals surface area (Å²) < 4.78 is 0. The largest absolute Gasteiger partial charge is 0.385 e. The monoisotopic (exact) mass is 270 g/mol. The summed E-state index contributed by atoms with van der Waals surface area (Å²) in [6.07, 6.45) is 10.6. The van der Waals surface area contributed by atoms with Crippen LogP contribution in [-0.2, 0) is 5.60 Å². The molecule has 3 aliphatic rings. The lowest BCUT2D eigenvalue weighted by Crippen LogP contribution is -2.39. The number of aliphatic hydroxyl groups is 1. The molecule has 20 heavy (non-hydrogen) atoms. The summed E-state index contributed by atoms with van der Waals surface area (Å²) in [4.78, 5) is 0. The van der Waals surface area contributed by atoms with Gasteiger partial charge in [-0.15, -0.1) is 0 Å². The van der Waals surface area contributed by atoms with Crippen LogP contribution in [0.5, 0.6) is 0 Å². The average molecular weight is 270 g/mol. The number of rotatable bonds is 1. The van der Waals surface area contributed by atoms with Crippen LogP contribution in [0.15, 0.2) is 30.3 Å². The van der Waals surface area contributed by atoms with Crippen molar-refractivity contribution in [3.63, 3.8) is 0 Å². The molecule has 1 N–H and O–H groups in total.